The molecule has 3 nitrogen and oxygen atoms in total. The predicted octanol–water partition coefficient (Wildman–Crippen LogP) is 1.49. The minimum atomic E-state index is 0.430. The predicted molar refractivity (Wildman–Crippen MR) is 70.0 cm³/mol. The molecule has 2 saturated heterocycles. The van der Waals surface area contributed by atoms with E-state index in [2.05, 4.69) is 17.1 Å². The summed E-state index contributed by atoms with van der Waals surface area (Å²) in [7, 11) is 0. The van der Waals surface area contributed by atoms with Gasteiger partial charge in [0.1, 0.15) is 0 Å². The van der Waals surface area contributed by atoms with E-state index in [1.807, 2.05) is 0 Å². The Bertz CT molecular complexity index is 360. The van der Waals surface area contributed by atoms with Crippen molar-refractivity contribution in [1.29, 1.82) is 0 Å². The molecule has 2 heterocycles. The van der Waals surface area contributed by atoms with Gasteiger partial charge in [0.25, 0.3) is 0 Å². The van der Waals surface area contributed by atoms with E-state index in [1.54, 1.807) is 0 Å². The van der Waals surface area contributed by atoms with Gasteiger partial charge in [-0.25, -0.2) is 0 Å². The molecule has 0 radical (unpaired) electrons. The van der Waals surface area contributed by atoms with Gasteiger partial charge in [-0.15, -0.1) is 0 Å². The summed E-state index contributed by atoms with van der Waals surface area (Å²) in [6, 6.07) is 0.527. The zero-order chi connectivity index (χ0) is 12.3. The van der Waals surface area contributed by atoms with Crippen LogP contribution >= 0.6 is 0 Å². The Morgan fingerprint density at radius 2 is 2.00 bits per heavy atom. The van der Waals surface area contributed by atoms with Gasteiger partial charge in [0.2, 0.25) is 5.91 Å². The summed E-state index contributed by atoms with van der Waals surface area (Å²) in [6.07, 6.45) is 5.14. The molecule has 1 amide bonds. The molecule has 2 saturated carbocycles. The fraction of sp³-hybridized carbons (Fsp3) is 0.933. The molecule has 4 fully saturated rings. The molecule has 4 rings (SSSR count). The molecule has 4 aliphatic rings. The number of hydrogen-bond acceptors (Lipinski definition) is 2. The standard InChI is InChI=1S/C15H24N2O/c1-2-13-12-7-16-6-9(12)8-17(13)15(18)14-10-4-3-5-11(10)14/h9-14,16H,2-8H2,1H3. The molecular weight excluding hydrogens is 224 g/mol. The van der Waals surface area contributed by atoms with Crippen LogP contribution in [0.15, 0.2) is 0 Å². The number of rotatable bonds is 2. The molecule has 5 atom stereocenters. The monoisotopic (exact) mass is 248 g/mol. The van der Waals surface area contributed by atoms with Crippen molar-refractivity contribution in [1.82, 2.24) is 10.2 Å². The average Bonchev–Trinajstić information content (AvgIpc) is 2.83. The number of fused-ring (bicyclic) bond motifs is 2. The second-order valence-electron chi connectivity index (χ2n) is 6.83. The zero-order valence-corrected chi connectivity index (χ0v) is 11.3. The van der Waals surface area contributed by atoms with Crippen LogP contribution < -0.4 is 5.32 Å². The van der Waals surface area contributed by atoms with Gasteiger partial charge in [0.15, 0.2) is 0 Å². The fourth-order valence-electron chi connectivity index (χ4n) is 5.18. The zero-order valence-electron chi connectivity index (χ0n) is 11.3. The lowest BCUT2D eigenvalue weighted by atomic mass is 9.93. The Hall–Kier alpha value is -0.570. The van der Waals surface area contributed by atoms with Crippen LogP contribution in [-0.2, 0) is 4.79 Å². The van der Waals surface area contributed by atoms with Gasteiger partial charge in [0, 0.05) is 31.6 Å². The van der Waals surface area contributed by atoms with E-state index in [1.165, 1.54) is 19.3 Å². The normalized spacial score (nSPS) is 49.3. The molecule has 0 spiro atoms. The van der Waals surface area contributed by atoms with E-state index in [0.29, 0.717) is 17.9 Å². The highest BCUT2D eigenvalue weighted by atomic mass is 16.2. The van der Waals surface area contributed by atoms with Crippen molar-refractivity contribution in [3.8, 4) is 0 Å². The quantitative estimate of drug-likeness (QED) is 0.803. The molecule has 0 aromatic carbocycles. The van der Waals surface area contributed by atoms with Gasteiger partial charge >= 0.3 is 0 Å². The van der Waals surface area contributed by atoms with Crippen molar-refractivity contribution < 1.29 is 4.79 Å². The second kappa shape index (κ2) is 3.96. The Kier molecular flexibility index (Phi) is 2.48. The number of nitrogens with zero attached hydrogens (tertiary/aromatic N) is 1. The van der Waals surface area contributed by atoms with Crippen LogP contribution in [0.3, 0.4) is 0 Å². The maximum Gasteiger partial charge on any atom is 0.226 e. The highest BCUT2D eigenvalue weighted by molar-refractivity contribution is 5.83. The van der Waals surface area contributed by atoms with Crippen molar-refractivity contribution in [2.45, 2.75) is 38.6 Å². The summed E-state index contributed by atoms with van der Waals surface area (Å²) in [5, 5.41) is 3.49. The number of amides is 1. The van der Waals surface area contributed by atoms with Crippen molar-refractivity contribution >= 4 is 5.91 Å². The number of carbonyl (C=O) groups is 1. The minimum absolute atomic E-state index is 0.430. The highest BCUT2D eigenvalue weighted by Crippen LogP contribution is 2.58. The molecule has 100 valence electrons. The van der Waals surface area contributed by atoms with E-state index in [9.17, 15) is 4.79 Å². The first kappa shape index (κ1) is 11.3. The van der Waals surface area contributed by atoms with Crippen molar-refractivity contribution in [3.63, 3.8) is 0 Å². The minimum Gasteiger partial charge on any atom is -0.339 e. The Morgan fingerprint density at radius 1 is 1.22 bits per heavy atom. The lowest BCUT2D eigenvalue weighted by Crippen LogP contribution is -2.41. The lowest BCUT2D eigenvalue weighted by Gasteiger charge is -2.27. The van der Waals surface area contributed by atoms with Crippen LogP contribution in [0.4, 0.5) is 0 Å². The molecule has 2 aliphatic heterocycles. The third kappa shape index (κ3) is 1.43. The molecule has 5 unspecified atom stereocenters. The van der Waals surface area contributed by atoms with Crippen LogP contribution in [0, 0.1) is 29.6 Å². The molecule has 0 bridgehead atoms. The van der Waals surface area contributed by atoms with Crippen molar-refractivity contribution in [2.24, 2.45) is 29.6 Å². The van der Waals surface area contributed by atoms with Crippen LogP contribution in [0.25, 0.3) is 0 Å². The van der Waals surface area contributed by atoms with E-state index in [-0.39, 0.29) is 0 Å². The Balaban J connectivity index is 1.49. The van der Waals surface area contributed by atoms with E-state index in [0.717, 1.165) is 49.7 Å². The van der Waals surface area contributed by atoms with Gasteiger partial charge in [-0.2, -0.15) is 0 Å². The van der Waals surface area contributed by atoms with Crippen molar-refractivity contribution in [2.75, 3.05) is 19.6 Å². The smallest absolute Gasteiger partial charge is 0.226 e. The molecule has 3 heteroatoms. The largest absolute Gasteiger partial charge is 0.339 e. The van der Waals surface area contributed by atoms with Gasteiger partial charge in [-0.05, 0) is 42.9 Å². The van der Waals surface area contributed by atoms with Crippen LogP contribution in [0.5, 0.6) is 0 Å². The fourth-order valence-corrected chi connectivity index (χ4v) is 5.18. The number of hydrogen-bond donors (Lipinski definition) is 1. The first-order chi connectivity index (χ1) is 8.81. The first-order valence-electron chi connectivity index (χ1n) is 7.82. The van der Waals surface area contributed by atoms with Gasteiger partial charge < -0.3 is 10.2 Å². The third-order valence-corrected chi connectivity index (χ3v) is 6.11. The van der Waals surface area contributed by atoms with Gasteiger partial charge in [0.05, 0.1) is 0 Å². The molecular formula is C15H24N2O. The number of nitrogens with one attached hydrogen (secondary N) is 1. The number of likely N-dealkylation sites (tertiary alicyclic amines) is 1. The molecule has 0 aromatic heterocycles. The van der Waals surface area contributed by atoms with Crippen LogP contribution in [0.1, 0.15) is 32.6 Å². The van der Waals surface area contributed by atoms with Crippen molar-refractivity contribution in [3.05, 3.63) is 0 Å². The molecule has 1 N–H and O–H groups in total. The molecule has 0 aromatic rings. The summed E-state index contributed by atoms with van der Waals surface area (Å²) >= 11 is 0. The number of carbonyl (C=O) groups excluding carboxylic acids is 1. The van der Waals surface area contributed by atoms with E-state index in [4.69, 9.17) is 0 Å². The Morgan fingerprint density at radius 3 is 2.72 bits per heavy atom. The summed E-state index contributed by atoms with van der Waals surface area (Å²) in [5.41, 5.74) is 0. The average molecular weight is 248 g/mol. The highest BCUT2D eigenvalue weighted by Gasteiger charge is 2.59. The lowest BCUT2D eigenvalue weighted by molar-refractivity contribution is -0.134. The summed E-state index contributed by atoms with van der Waals surface area (Å²) in [5.74, 6) is 3.96. The van der Waals surface area contributed by atoms with E-state index >= 15 is 0 Å². The topological polar surface area (TPSA) is 32.3 Å². The SMILES string of the molecule is CCC1C2CNCC2CN1C(=O)C1C2CCCC21. The summed E-state index contributed by atoms with van der Waals surface area (Å²) < 4.78 is 0. The maximum atomic E-state index is 12.7. The van der Waals surface area contributed by atoms with E-state index < -0.39 is 0 Å². The Labute approximate surface area is 109 Å². The third-order valence-electron chi connectivity index (χ3n) is 6.11. The van der Waals surface area contributed by atoms with Crippen LogP contribution in [-0.4, -0.2) is 36.5 Å². The molecule has 2 aliphatic carbocycles. The summed E-state index contributed by atoms with van der Waals surface area (Å²) in [4.78, 5) is 15.0. The van der Waals surface area contributed by atoms with Gasteiger partial charge in [-0.3, -0.25) is 4.79 Å². The van der Waals surface area contributed by atoms with Gasteiger partial charge in [-0.1, -0.05) is 13.3 Å². The maximum absolute atomic E-state index is 12.7. The second-order valence-corrected chi connectivity index (χ2v) is 6.83. The first-order valence-corrected chi connectivity index (χ1v) is 7.82. The molecule has 18 heavy (non-hydrogen) atoms. The van der Waals surface area contributed by atoms with Crippen LogP contribution in [0.2, 0.25) is 0 Å². The summed E-state index contributed by atoms with van der Waals surface area (Å²) in [6.45, 7) is 5.54.